The third-order valence-corrected chi connectivity index (χ3v) is 5.20. The molecule has 0 aromatic heterocycles. The predicted octanol–water partition coefficient (Wildman–Crippen LogP) is 5.44. The first-order valence-electron chi connectivity index (χ1n) is 10.6. The summed E-state index contributed by atoms with van der Waals surface area (Å²) in [5, 5.41) is 5.66. The summed E-state index contributed by atoms with van der Waals surface area (Å²) in [6.07, 6.45) is 0. The van der Waals surface area contributed by atoms with Gasteiger partial charge in [-0.2, -0.15) is 0 Å². The van der Waals surface area contributed by atoms with Gasteiger partial charge < -0.3 is 20.1 Å². The lowest BCUT2D eigenvalue weighted by atomic mass is 10.1. The summed E-state index contributed by atoms with van der Waals surface area (Å²) in [5.74, 6) is 1.23. The Balaban J connectivity index is 1.94. The third kappa shape index (κ3) is 8.47. The van der Waals surface area contributed by atoms with Crippen molar-refractivity contribution < 1.29 is 19.1 Å². The van der Waals surface area contributed by atoms with Gasteiger partial charge in [0.05, 0.1) is 24.3 Å². The quantitative estimate of drug-likeness (QED) is 0.353. The Bertz CT molecular complexity index is 857. The highest BCUT2D eigenvalue weighted by molar-refractivity contribution is 9.10. The van der Waals surface area contributed by atoms with E-state index in [-0.39, 0.29) is 24.9 Å². The second kappa shape index (κ2) is 12.8. The molecule has 0 spiro atoms. The Kier molecular flexibility index (Phi) is 10.5. The van der Waals surface area contributed by atoms with Crippen LogP contribution >= 0.6 is 31.9 Å². The highest BCUT2D eigenvalue weighted by atomic mass is 79.9. The maximum absolute atomic E-state index is 12.7. The highest BCUT2D eigenvalue weighted by Crippen LogP contribution is 2.25. The van der Waals surface area contributed by atoms with Crippen LogP contribution in [0.4, 0.5) is 0 Å². The maximum Gasteiger partial charge on any atom is 0.255 e. The minimum atomic E-state index is -0.261. The summed E-state index contributed by atoms with van der Waals surface area (Å²) in [7, 11) is 0. The summed E-state index contributed by atoms with van der Waals surface area (Å²) in [4.78, 5) is 25.3. The van der Waals surface area contributed by atoms with Gasteiger partial charge in [-0.1, -0.05) is 59.6 Å². The van der Waals surface area contributed by atoms with Crippen molar-refractivity contribution >= 4 is 43.7 Å². The molecule has 32 heavy (non-hydrogen) atoms. The number of carbonyl (C=O) groups excluding carboxylic acids is 2. The Morgan fingerprint density at radius 1 is 0.750 bits per heavy atom. The number of benzene rings is 2. The molecule has 8 heteroatoms. The smallest absolute Gasteiger partial charge is 0.255 e. The molecule has 2 aromatic carbocycles. The van der Waals surface area contributed by atoms with Gasteiger partial charge in [-0.3, -0.25) is 9.59 Å². The average molecular weight is 570 g/mol. The maximum atomic E-state index is 12.7. The molecule has 0 radical (unpaired) electrons. The van der Waals surface area contributed by atoms with E-state index in [1.807, 2.05) is 39.8 Å². The second-order valence-electron chi connectivity index (χ2n) is 8.20. The first kappa shape index (κ1) is 26.2. The van der Waals surface area contributed by atoms with Crippen molar-refractivity contribution in [2.45, 2.75) is 27.7 Å². The minimum absolute atomic E-state index is 0.261. The van der Waals surface area contributed by atoms with E-state index < -0.39 is 0 Å². The number of halogens is 2. The molecule has 0 heterocycles. The average Bonchev–Trinajstić information content (AvgIpc) is 2.74. The molecule has 0 bridgehead atoms. The van der Waals surface area contributed by atoms with Crippen LogP contribution < -0.4 is 20.1 Å². The van der Waals surface area contributed by atoms with Crippen molar-refractivity contribution in [3.63, 3.8) is 0 Å². The van der Waals surface area contributed by atoms with E-state index in [1.54, 1.807) is 24.3 Å². The molecular formula is C24H30Br2N2O4. The van der Waals surface area contributed by atoms with Gasteiger partial charge in [-0.25, -0.2) is 0 Å². The van der Waals surface area contributed by atoms with Gasteiger partial charge in [0.2, 0.25) is 0 Å². The van der Waals surface area contributed by atoms with Crippen molar-refractivity contribution in [1.82, 2.24) is 10.6 Å². The predicted molar refractivity (Wildman–Crippen MR) is 134 cm³/mol. The lowest BCUT2D eigenvalue weighted by Gasteiger charge is -2.15. The van der Waals surface area contributed by atoms with Crippen LogP contribution in [0.1, 0.15) is 48.4 Å². The monoisotopic (exact) mass is 568 g/mol. The Morgan fingerprint density at radius 2 is 1.12 bits per heavy atom. The van der Waals surface area contributed by atoms with E-state index in [0.29, 0.717) is 47.7 Å². The van der Waals surface area contributed by atoms with Gasteiger partial charge >= 0.3 is 0 Å². The Morgan fingerprint density at radius 3 is 1.47 bits per heavy atom. The molecule has 174 valence electrons. The van der Waals surface area contributed by atoms with Crippen molar-refractivity contribution in [2.75, 3.05) is 26.3 Å². The number of hydrogen-bond acceptors (Lipinski definition) is 4. The first-order chi connectivity index (χ1) is 15.2. The fourth-order valence-electron chi connectivity index (χ4n) is 2.67. The fourth-order valence-corrected chi connectivity index (χ4v) is 3.39. The summed E-state index contributed by atoms with van der Waals surface area (Å²) in [5.41, 5.74) is 0.894. The molecule has 2 N–H and O–H groups in total. The molecule has 0 aliphatic heterocycles. The zero-order valence-electron chi connectivity index (χ0n) is 18.8. The van der Waals surface area contributed by atoms with Gasteiger partial charge in [-0.05, 0) is 48.2 Å². The standard InChI is InChI=1S/C24H30Br2N2O4/c1-15(2)13-31-21-7-5-17(25)11-19(21)23(29)27-9-10-28-24(30)20-12-18(26)6-8-22(20)32-14-16(3)4/h5-8,11-12,15-16H,9-10,13-14H2,1-4H3,(H,27,29)(H,28,30). The molecule has 2 amide bonds. The molecule has 0 atom stereocenters. The van der Waals surface area contributed by atoms with E-state index in [1.165, 1.54) is 0 Å². The van der Waals surface area contributed by atoms with Crippen LogP contribution in [0.3, 0.4) is 0 Å². The zero-order chi connectivity index (χ0) is 23.7. The van der Waals surface area contributed by atoms with Gasteiger partial charge in [0.15, 0.2) is 0 Å². The van der Waals surface area contributed by atoms with Crippen LogP contribution in [0.2, 0.25) is 0 Å². The van der Waals surface area contributed by atoms with Crippen LogP contribution in [0.15, 0.2) is 45.3 Å². The van der Waals surface area contributed by atoms with Crippen LogP contribution in [-0.4, -0.2) is 38.1 Å². The van der Waals surface area contributed by atoms with Gasteiger partial charge in [-0.15, -0.1) is 0 Å². The number of rotatable bonds is 11. The van der Waals surface area contributed by atoms with E-state index >= 15 is 0 Å². The molecule has 0 saturated heterocycles. The molecule has 0 aliphatic carbocycles. The van der Waals surface area contributed by atoms with Crippen LogP contribution in [0.25, 0.3) is 0 Å². The number of nitrogens with one attached hydrogen (secondary N) is 2. The van der Waals surface area contributed by atoms with Crippen LogP contribution in [-0.2, 0) is 0 Å². The first-order valence-corrected chi connectivity index (χ1v) is 12.2. The van der Waals surface area contributed by atoms with Gasteiger partial charge in [0, 0.05) is 22.0 Å². The van der Waals surface area contributed by atoms with Gasteiger partial charge in [0.1, 0.15) is 11.5 Å². The van der Waals surface area contributed by atoms with E-state index in [0.717, 1.165) is 8.95 Å². The third-order valence-electron chi connectivity index (χ3n) is 4.21. The number of ether oxygens (including phenoxy) is 2. The van der Waals surface area contributed by atoms with Crippen LogP contribution in [0, 0.1) is 11.8 Å². The molecule has 0 fully saturated rings. The molecule has 6 nitrogen and oxygen atoms in total. The van der Waals surface area contributed by atoms with Gasteiger partial charge in [0.25, 0.3) is 11.8 Å². The van der Waals surface area contributed by atoms with E-state index in [4.69, 9.17) is 9.47 Å². The Labute approximate surface area is 206 Å². The lowest BCUT2D eigenvalue weighted by Crippen LogP contribution is -2.35. The van der Waals surface area contributed by atoms with E-state index in [2.05, 4.69) is 42.5 Å². The zero-order valence-corrected chi connectivity index (χ0v) is 22.0. The Hall–Kier alpha value is -2.06. The van der Waals surface area contributed by atoms with Crippen LogP contribution in [0.5, 0.6) is 11.5 Å². The summed E-state index contributed by atoms with van der Waals surface area (Å²) >= 11 is 6.79. The topological polar surface area (TPSA) is 76.7 Å². The second-order valence-corrected chi connectivity index (χ2v) is 10.0. The number of carbonyl (C=O) groups is 2. The molecule has 0 unspecified atom stereocenters. The fraction of sp³-hybridized carbons (Fsp3) is 0.417. The number of hydrogen-bond donors (Lipinski definition) is 2. The summed E-state index contributed by atoms with van der Waals surface area (Å²) < 4.78 is 13.1. The lowest BCUT2D eigenvalue weighted by molar-refractivity contribution is 0.0922. The SMILES string of the molecule is CC(C)COc1ccc(Br)cc1C(=O)NCCNC(=O)c1cc(Br)ccc1OCC(C)C. The van der Waals surface area contributed by atoms with Crippen molar-refractivity contribution in [3.05, 3.63) is 56.5 Å². The van der Waals surface area contributed by atoms with E-state index in [9.17, 15) is 9.59 Å². The molecule has 0 saturated carbocycles. The molecular weight excluding hydrogens is 540 g/mol. The van der Waals surface area contributed by atoms with Crippen molar-refractivity contribution in [2.24, 2.45) is 11.8 Å². The van der Waals surface area contributed by atoms with Crippen molar-refractivity contribution in [1.29, 1.82) is 0 Å². The summed E-state index contributed by atoms with van der Waals surface area (Å²) in [6.45, 7) is 9.78. The molecule has 2 rings (SSSR count). The van der Waals surface area contributed by atoms with Crippen molar-refractivity contribution in [3.8, 4) is 11.5 Å². The minimum Gasteiger partial charge on any atom is -0.492 e. The highest BCUT2D eigenvalue weighted by Gasteiger charge is 2.16. The largest absolute Gasteiger partial charge is 0.492 e. The summed E-state index contributed by atoms with van der Waals surface area (Å²) in [6, 6.07) is 10.7. The molecule has 0 aliphatic rings. The molecule has 2 aromatic rings. The number of amides is 2. The normalized spacial score (nSPS) is 10.9.